The summed E-state index contributed by atoms with van der Waals surface area (Å²) in [5.41, 5.74) is -0.501. The zero-order chi connectivity index (χ0) is 19.4. The first-order valence-corrected chi connectivity index (χ1v) is 9.85. The van der Waals surface area contributed by atoms with Crippen molar-refractivity contribution in [2.75, 3.05) is 0 Å². The molecule has 0 bridgehead atoms. The van der Waals surface area contributed by atoms with E-state index in [1.165, 1.54) is 9.13 Å². The zero-order valence-electron chi connectivity index (χ0n) is 15.3. The predicted octanol–water partition coefficient (Wildman–Crippen LogP) is 2.30. The highest BCUT2D eigenvalue weighted by Crippen LogP contribution is 2.23. The molecule has 8 heteroatoms. The van der Waals surface area contributed by atoms with Crippen LogP contribution in [-0.4, -0.2) is 20.0 Å². The number of carbonyl (C=O) groups excluding carboxylic acids is 1. The summed E-state index contributed by atoms with van der Waals surface area (Å²) in [7, 11) is 0. The summed E-state index contributed by atoms with van der Waals surface area (Å²) < 4.78 is 2.54. The van der Waals surface area contributed by atoms with Crippen molar-refractivity contribution in [3.8, 4) is 0 Å². The largest absolute Gasteiger partial charge is 0.347 e. The van der Waals surface area contributed by atoms with Gasteiger partial charge in [0.2, 0.25) is 5.91 Å². The lowest BCUT2D eigenvalue weighted by atomic mass is 10.1. The molecule has 0 saturated heterocycles. The maximum atomic E-state index is 12.7. The van der Waals surface area contributed by atoms with Gasteiger partial charge in [-0.2, -0.15) is 0 Å². The number of thiophene rings is 1. The molecule has 27 heavy (non-hydrogen) atoms. The number of fused-ring (bicyclic) bond motifs is 1. The third-order valence-corrected chi connectivity index (χ3v) is 5.39. The molecule has 1 N–H and O–H groups in total. The maximum Gasteiger partial charge on any atom is 0.318 e. The second-order valence-electron chi connectivity index (χ2n) is 6.21. The predicted molar refractivity (Wildman–Crippen MR) is 106 cm³/mol. The normalized spacial score (nSPS) is 12.2. The molecule has 3 aromatic rings. The molecule has 0 spiro atoms. The van der Waals surface area contributed by atoms with E-state index in [0.717, 1.165) is 17.7 Å². The van der Waals surface area contributed by atoms with Gasteiger partial charge in [0.25, 0.3) is 0 Å². The Balaban J connectivity index is 1.94. The Morgan fingerprint density at radius 3 is 2.63 bits per heavy atom. The number of carbonyl (C=O) groups is 1. The standard InChI is InChI=1S/C19H22N4O3S/c1-3-7-13(15-9-6-11-27-15)21-16(24)12-23-14-8-5-10-20-17(14)22(4-2)18(25)19(23)26/h5-6,8-11,13H,3-4,7,12H2,1-2H3,(H,21,24). The van der Waals surface area contributed by atoms with E-state index < -0.39 is 11.1 Å². The van der Waals surface area contributed by atoms with Crippen molar-refractivity contribution in [3.05, 3.63) is 61.4 Å². The molecule has 0 saturated carbocycles. The summed E-state index contributed by atoms with van der Waals surface area (Å²) in [5.74, 6) is -0.303. The molecule has 7 nitrogen and oxygen atoms in total. The third-order valence-electron chi connectivity index (χ3n) is 4.40. The van der Waals surface area contributed by atoms with E-state index in [4.69, 9.17) is 0 Å². The van der Waals surface area contributed by atoms with Crippen LogP contribution >= 0.6 is 11.3 Å². The fourth-order valence-corrected chi connectivity index (χ4v) is 3.95. The van der Waals surface area contributed by atoms with Gasteiger partial charge in [-0.05, 0) is 36.9 Å². The Hall–Kier alpha value is -2.74. The number of hydrogen-bond acceptors (Lipinski definition) is 5. The van der Waals surface area contributed by atoms with Crippen LogP contribution in [0.4, 0.5) is 0 Å². The highest BCUT2D eigenvalue weighted by Gasteiger charge is 2.18. The fraction of sp³-hybridized carbons (Fsp3) is 0.368. The van der Waals surface area contributed by atoms with Gasteiger partial charge in [0, 0.05) is 17.6 Å². The summed E-state index contributed by atoms with van der Waals surface area (Å²) in [4.78, 5) is 42.9. The summed E-state index contributed by atoms with van der Waals surface area (Å²) in [6, 6.07) is 7.22. The van der Waals surface area contributed by atoms with Gasteiger partial charge in [-0.15, -0.1) is 11.3 Å². The number of hydrogen-bond donors (Lipinski definition) is 1. The van der Waals surface area contributed by atoms with Crippen LogP contribution in [0.15, 0.2) is 45.4 Å². The number of nitrogens with one attached hydrogen (secondary N) is 1. The lowest BCUT2D eigenvalue weighted by Crippen LogP contribution is -2.44. The monoisotopic (exact) mass is 386 g/mol. The molecule has 0 aliphatic carbocycles. The molecule has 3 heterocycles. The number of nitrogens with zero attached hydrogens (tertiary/aromatic N) is 3. The van der Waals surface area contributed by atoms with Crippen LogP contribution in [0.1, 0.15) is 37.6 Å². The van der Waals surface area contributed by atoms with Gasteiger partial charge in [-0.3, -0.25) is 23.5 Å². The summed E-state index contributed by atoms with van der Waals surface area (Å²) >= 11 is 1.59. The van der Waals surface area contributed by atoms with Crippen LogP contribution in [-0.2, 0) is 17.9 Å². The molecule has 0 aliphatic rings. The Kier molecular flexibility index (Phi) is 5.85. The first-order chi connectivity index (χ1) is 13.1. The summed E-state index contributed by atoms with van der Waals surface area (Å²) in [6.45, 7) is 3.96. The highest BCUT2D eigenvalue weighted by atomic mass is 32.1. The van der Waals surface area contributed by atoms with Gasteiger partial charge in [-0.1, -0.05) is 19.4 Å². The van der Waals surface area contributed by atoms with Crippen molar-refractivity contribution in [1.82, 2.24) is 19.4 Å². The molecule has 1 amide bonds. The van der Waals surface area contributed by atoms with Gasteiger partial charge in [-0.25, -0.2) is 4.98 Å². The van der Waals surface area contributed by atoms with E-state index in [1.807, 2.05) is 17.5 Å². The van der Waals surface area contributed by atoms with Crippen molar-refractivity contribution < 1.29 is 4.79 Å². The van der Waals surface area contributed by atoms with E-state index in [9.17, 15) is 14.4 Å². The molecule has 3 rings (SSSR count). The van der Waals surface area contributed by atoms with Gasteiger partial charge < -0.3 is 5.32 Å². The van der Waals surface area contributed by atoms with Crippen molar-refractivity contribution >= 4 is 28.4 Å². The molecule has 1 atom stereocenters. The van der Waals surface area contributed by atoms with Crippen molar-refractivity contribution in [3.63, 3.8) is 0 Å². The fourth-order valence-electron chi connectivity index (χ4n) is 3.14. The molecule has 0 aromatic carbocycles. The van der Waals surface area contributed by atoms with Crippen LogP contribution in [0.25, 0.3) is 11.2 Å². The molecular formula is C19H22N4O3S. The van der Waals surface area contributed by atoms with Gasteiger partial charge >= 0.3 is 11.1 Å². The zero-order valence-corrected chi connectivity index (χ0v) is 16.2. The molecule has 0 fully saturated rings. The average molecular weight is 386 g/mol. The second-order valence-corrected chi connectivity index (χ2v) is 7.19. The van der Waals surface area contributed by atoms with Crippen LogP contribution in [0.3, 0.4) is 0 Å². The van der Waals surface area contributed by atoms with E-state index >= 15 is 0 Å². The first kappa shape index (κ1) is 19.0. The van der Waals surface area contributed by atoms with Crippen LogP contribution in [0, 0.1) is 0 Å². The molecule has 3 aromatic heterocycles. The maximum absolute atomic E-state index is 12.7. The van der Waals surface area contributed by atoms with E-state index in [1.54, 1.807) is 36.6 Å². The Bertz CT molecular complexity index is 1050. The van der Waals surface area contributed by atoms with Crippen molar-refractivity contribution in [2.45, 2.75) is 45.8 Å². The number of amides is 1. The summed E-state index contributed by atoms with van der Waals surface area (Å²) in [5, 5.41) is 4.96. The van der Waals surface area contributed by atoms with Crippen LogP contribution < -0.4 is 16.4 Å². The highest BCUT2D eigenvalue weighted by molar-refractivity contribution is 7.10. The minimum absolute atomic E-state index is 0.0985. The lowest BCUT2D eigenvalue weighted by Gasteiger charge is -2.18. The molecule has 1 unspecified atom stereocenters. The molecular weight excluding hydrogens is 364 g/mol. The molecule has 0 aliphatic heterocycles. The first-order valence-electron chi connectivity index (χ1n) is 8.97. The van der Waals surface area contributed by atoms with Crippen molar-refractivity contribution in [1.29, 1.82) is 0 Å². The lowest BCUT2D eigenvalue weighted by molar-refractivity contribution is -0.122. The number of rotatable bonds is 7. The third kappa shape index (κ3) is 3.85. The average Bonchev–Trinajstić information content (AvgIpc) is 3.20. The van der Waals surface area contributed by atoms with E-state index in [0.29, 0.717) is 17.7 Å². The quantitative estimate of drug-likeness (QED) is 0.631. The minimum atomic E-state index is -0.712. The number of aromatic nitrogens is 3. The van der Waals surface area contributed by atoms with E-state index in [-0.39, 0.29) is 18.5 Å². The summed E-state index contributed by atoms with van der Waals surface area (Å²) in [6.07, 6.45) is 3.29. The SMILES string of the molecule is CCCC(NC(=O)Cn1c(=O)c(=O)n(CC)c2ncccc21)c1cccs1. The van der Waals surface area contributed by atoms with Crippen molar-refractivity contribution in [2.24, 2.45) is 0 Å². The van der Waals surface area contributed by atoms with Gasteiger partial charge in [0.05, 0.1) is 11.6 Å². The number of aryl methyl sites for hydroxylation is 1. The van der Waals surface area contributed by atoms with Crippen LogP contribution in [0.5, 0.6) is 0 Å². The molecule has 142 valence electrons. The Morgan fingerprint density at radius 1 is 1.19 bits per heavy atom. The van der Waals surface area contributed by atoms with E-state index in [2.05, 4.69) is 17.2 Å². The Labute approximate surface area is 160 Å². The topological polar surface area (TPSA) is 86.0 Å². The van der Waals surface area contributed by atoms with Gasteiger partial charge in [0.1, 0.15) is 6.54 Å². The minimum Gasteiger partial charge on any atom is -0.347 e. The molecule has 0 radical (unpaired) electrons. The Morgan fingerprint density at radius 2 is 1.96 bits per heavy atom. The second kappa shape index (κ2) is 8.30. The van der Waals surface area contributed by atoms with Gasteiger partial charge in [0.15, 0.2) is 5.65 Å². The number of pyridine rings is 1. The smallest absolute Gasteiger partial charge is 0.318 e. The van der Waals surface area contributed by atoms with Crippen LogP contribution in [0.2, 0.25) is 0 Å².